The summed E-state index contributed by atoms with van der Waals surface area (Å²) in [6, 6.07) is 3.48. The lowest BCUT2D eigenvalue weighted by Crippen LogP contribution is -2.23. The van der Waals surface area contributed by atoms with Crippen LogP contribution >= 0.6 is 11.3 Å². The van der Waals surface area contributed by atoms with Crippen molar-refractivity contribution in [2.75, 3.05) is 24.3 Å². The molecule has 2 unspecified atom stereocenters. The number of benzene rings is 1. The Labute approximate surface area is 181 Å². The summed E-state index contributed by atoms with van der Waals surface area (Å²) in [6.45, 7) is 0.951. The standard InChI is InChI=1S/C20H22F2N6O2S/c1-28-17(10-5-6-11(23)9-30-8-10)14(7-25-28)26-19(29)16-18(24)31-20(27-16)15-12(21)3-2-4-13(15)22/h2-4,7,10-11H,5-6,8-9,23-24H2,1H3,(H,26,29). The summed E-state index contributed by atoms with van der Waals surface area (Å²) in [5, 5.41) is 7.09. The number of rotatable bonds is 4. The van der Waals surface area contributed by atoms with E-state index in [4.69, 9.17) is 16.2 Å². The summed E-state index contributed by atoms with van der Waals surface area (Å²) >= 11 is 0.846. The second kappa shape index (κ2) is 8.69. The highest BCUT2D eigenvalue weighted by Gasteiger charge is 2.27. The lowest BCUT2D eigenvalue weighted by atomic mass is 9.98. The van der Waals surface area contributed by atoms with Gasteiger partial charge in [-0.2, -0.15) is 5.10 Å². The van der Waals surface area contributed by atoms with Gasteiger partial charge in [0.25, 0.3) is 5.91 Å². The third-order valence-electron chi connectivity index (χ3n) is 5.20. The highest BCUT2D eigenvalue weighted by molar-refractivity contribution is 7.19. The van der Waals surface area contributed by atoms with E-state index in [0.717, 1.165) is 42.0 Å². The Morgan fingerprint density at radius 1 is 1.29 bits per heavy atom. The molecule has 1 fully saturated rings. The van der Waals surface area contributed by atoms with Crippen LogP contribution in [0.2, 0.25) is 0 Å². The van der Waals surface area contributed by atoms with Gasteiger partial charge in [0.1, 0.15) is 21.6 Å². The summed E-state index contributed by atoms with van der Waals surface area (Å²) in [5.41, 5.74) is 12.8. The maximum absolute atomic E-state index is 14.1. The number of carbonyl (C=O) groups is 1. The van der Waals surface area contributed by atoms with Crippen molar-refractivity contribution in [3.05, 3.63) is 47.4 Å². The number of aromatic nitrogens is 3. The fourth-order valence-electron chi connectivity index (χ4n) is 3.67. The van der Waals surface area contributed by atoms with Gasteiger partial charge < -0.3 is 21.5 Å². The first-order valence-electron chi connectivity index (χ1n) is 9.72. The van der Waals surface area contributed by atoms with E-state index in [-0.39, 0.29) is 33.2 Å². The molecule has 0 bridgehead atoms. The number of nitrogen functional groups attached to an aromatic ring is 1. The molecule has 5 N–H and O–H groups in total. The van der Waals surface area contributed by atoms with Gasteiger partial charge in [-0.05, 0) is 25.0 Å². The van der Waals surface area contributed by atoms with E-state index in [1.54, 1.807) is 11.7 Å². The SMILES string of the molecule is Cn1ncc(NC(=O)c2nc(-c3c(F)cccc3F)sc2N)c1C1CCC(N)COC1. The van der Waals surface area contributed by atoms with Gasteiger partial charge in [0.05, 0.1) is 36.4 Å². The number of hydrogen-bond acceptors (Lipinski definition) is 7. The second-order valence-electron chi connectivity index (χ2n) is 7.42. The molecule has 1 amide bonds. The van der Waals surface area contributed by atoms with Gasteiger partial charge >= 0.3 is 0 Å². The van der Waals surface area contributed by atoms with Crippen LogP contribution in [0.5, 0.6) is 0 Å². The Morgan fingerprint density at radius 2 is 2.03 bits per heavy atom. The molecule has 1 saturated heterocycles. The van der Waals surface area contributed by atoms with E-state index in [1.807, 2.05) is 0 Å². The highest BCUT2D eigenvalue weighted by Crippen LogP contribution is 2.35. The first-order valence-corrected chi connectivity index (χ1v) is 10.5. The molecule has 1 aliphatic rings. The quantitative estimate of drug-likeness (QED) is 0.564. The predicted molar refractivity (Wildman–Crippen MR) is 114 cm³/mol. The minimum atomic E-state index is -0.776. The zero-order valence-electron chi connectivity index (χ0n) is 16.8. The Hall–Kier alpha value is -2.89. The average molecular weight is 448 g/mol. The van der Waals surface area contributed by atoms with E-state index < -0.39 is 17.5 Å². The van der Waals surface area contributed by atoms with Crippen LogP contribution < -0.4 is 16.8 Å². The molecule has 164 valence electrons. The highest BCUT2D eigenvalue weighted by atomic mass is 32.1. The molecule has 8 nitrogen and oxygen atoms in total. The van der Waals surface area contributed by atoms with Gasteiger partial charge in [-0.15, -0.1) is 0 Å². The molecule has 11 heteroatoms. The Balaban J connectivity index is 1.60. The summed E-state index contributed by atoms with van der Waals surface area (Å²) in [5.74, 6) is -2.13. The van der Waals surface area contributed by atoms with Gasteiger partial charge in [0.15, 0.2) is 5.69 Å². The van der Waals surface area contributed by atoms with Crippen molar-refractivity contribution in [3.63, 3.8) is 0 Å². The van der Waals surface area contributed by atoms with Crippen LogP contribution in [0.25, 0.3) is 10.6 Å². The number of ether oxygens (including phenoxy) is 1. The van der Waals surface area contributed by atoms with Crippen LogP contribution in [-0.4, -0.2) is 39.9 Å². The number of nitrogens with two attached hydrogens (primary N) is 2. The molecule has 0 spiro atoms. The van der Waals surface area contributed by atoms with Crippen molar-refractivity contribution >= 4 is 27.9 Å². The van der Waals surface area contributed by atoms with Gasteiger partial charge in [0, 0.05) is 19.0 Å². The Kier molecular flexibility index (Phi) is 5.99. The second-order valence-corrected chi connectivity index (χ2v) is 8.45. The molecule has 4 rings (SSSR count). The van der Waals surface area contributed by atoms with Crippen LogP contribution in [-0.2, 0) is 11.8 Å². The number of carbonyl (C=O) groups excluding carboxylic acids is 1. The Morgan fingerprint density at radius 3 is 2.77 bits per heavy atom. The van der Waals surface area contributed by atoms with Crippen LogP contribution in [0, 0.1) is 11.6 Å². The van der Waals surface area contributed by atoms with Crippen molar-refractivity contribution in [2.24, 2.45) is 12.8 Å². The van der Waals surface area contributed by atoms with Crippen molar-refractivity contribution < 1.29 is 18.3 Å². The van der Waals surface area contributed by atoms with Gasteiger partial charge in [0.2, 0.25) is 0 Å². The van der Waals surface area contributed by atoms with Crippen LogP contribution in [0.3, 0.4) is 0 Å². The van der Waals surface area contributed by atoms with Crippen LogP contribution in [0.1, 0.15) is 34.9 Å². The number of nitrogens with zero attached hydrogens (tertiary/aromatic N) is 3. The van der Waals surface area contributed by atoms with E-state index in [9.17, 15) is 13.6 Å². The van der Waals surface area contributed by atoms with E-state index >= 15 is 0 Å². The number of nitrogens with one attached hydrogen (secondary N) is 1. The van der Waals surface area contributed by atoms with Crippen LogP contribution in [0.4, 0.5) is 19.5 Å². The molecule has 3 heterocycles. The van der Waals surface area contributed by atoms with Crippen molar-refractivity contribution in [2.45, 2.75) is 24.8 Å². The lowest BCUT2D eigenvalue weighted by Gasteiger charge is -2.16. The number of amides is 1. The number of aryl methyl sites for hydroxylation is 1. The zero-order valence-corrected chi connectivity index (χ0v) is 17.6. The molecule has 1 aromatic carbocycles. The minimum absolute atomic E-state index is 0.00387. The van der Waals surface area contributed by atoms with Crippen molar-refractivity contribution in [3.8, 4) is 10.6 Å². The molecule has 0 aliphatic carbocycles. The first-order chi connectivity index (χ1) is 14.8. The summed E-state index contributed by atoms with van der Waals surface area (Å²) < 4.78 is 35.5. The van der Waals surface area contributed by atoms with Crippen molar-refractivity contribution in [1.29, 1.82) is 0 Å². The molecule has 0 radical (unpaired) electrons. The molecule has 31 heavy (non-hydrogen) atoms. The molecule has 1 aliphatic heterocycles. The first kappa shape index (κ1) is 21.3. The molecular formula is C20H22F2N6O2S. The summed E-state index contributed by atoms with van der Waals surface area (Å²) in [4.78, 5) is 17.0. The van der Waals surface area contributed by atoms with Gasteiger partial charge in [-0.25, -0.2) is 13.8 Å². The maximum Gasteiger partial charge on any atom is 0.277 e. The van der Waals surface area contributed by atoms with E-state index in [1.165, 1.54) is 12.3 Å². The third kappa shape index (κ3) is 4.29. The van der Waals surface area contributed by atoms with E-state index in [2.05, 4.69) is 15.4 Å². The molecule has 0 saturated carbocycles. The smallest absolute Gasteiger partial charge is 0.277 e. The third-order valence-corrected chi connectivity index (χ3v) is 6.10. The summed E-state index contributed by atoms with van der Waals surface area (Å²) in [6.07, 6.45) is 3.12. The zero-order chi connectivity index (χ0) is 22.1. The topological polar surface area (TPSA) is 121 Å². The molecular weight excluding hydrogens is 426 g/mol. The fourth-order valence-corrected chi connectivity index (χ4v) is 4.55. The Bertz CT molecular complexity index is 1100. The molecule has 2 aromatic heterocycles. The van der Waals surface area contributed by atoms with Crippen molar-refractivity contribution in [1.82, 2.24) is 14.8 Å². The van der Waals surface area contributed by atoms with Crippen LogP contribution in [0.15, 0.2) is 24.4 Å². The number of hydrogen-bond donors (Lipinski definition) is 3. The minimum Gasteiger partial charge on any atom is -0.389 e. The van der Waals surface area contributed by atoms with E-state index in [0.29, 0.717) is 18.9 Å². The van der Waals surface area contributed by atoms with Gasteiger partial charge in [-0.1, -0.05) is 17.4 Å². The molecule has 2 atom stereocenters. The predicted octanol–water partition coefficient (Wildman–Crippen LogP) is 2.88. The number of anilines is 2. The fraction of sp³-hybridized carbons (Fsp3) is 0.350. The average Bonchev–Trinajstić information content (AvgIpc) is 3.19. The normalized spacial score (nSPS) is 19.2. The largest absolute Gasteiger partial charge is 0.389 e. The number of thiazole rings is 1. The van der Waals surface area contributed by atoms with Gasteiger partial charge in [-0.3, -0.25) is 9.48 Å². The number of halogens is 2. The monoisotopic (exact) mass is 448 g/mol. The maximum atomic E-state index is 14.1. The summed E-state index contributed by atoms with van der Waals surface area (Å²) in [7, 11) is 1.78. The molecule has 3 aromatic rings. The lowest BCUT2D eigenvalue weighted by molar-refractivity contribution is 0.102.